The molecule has 0 spiro atoms. The van der Waals surface area contributed by atoms with E-state index in [0.29, 0.717) is 5.82 Å². The summed E-state index contributed by atoms with van der Waals surface area (Å²) in [5.74, 6) is 0.713. The van der Waals surface area contributed by atoms with E-state index in [9.17, 15) is 0 Å². The molecule has 0 radical (unpaired) electrons. The molecule has 0 fully saturated rings. The second-order valence-electron chi connectivity index (χ2n) is 4.31. The molecule has 2 N–H and O–H groups in total. The van der Waals surface area contributed by atoms with Gasteiger partial charge in [-0.15, -0.1) is 0 Å². The van der Waals surface area contributed by atoms with Crippen molar-refractivity contribution in [3.8, 4) is 11.4 Å². The molecule has 2 aromatic heterocycles. The molecule has 0 bridgehead atoms. The highest BCUT2D eigenvalue weighted by Gasteiger charge is 2.16. The number of rotatable bonds is 1. The lowest BCUT2D eigenvalue weighted by Crippen LogP contribution is -1.95. The van der Waals surface area contributed by atoms with Crippen LogP contribution in [0.25, 0.3) is 21.5 Å². The minimum absolute atomic E-state index is 0.713. The Morgan fingerprint density at radius 3 is 2.79 bits per heavy atom. The van der Waals surface area contributed by atoms with E-state index in [-0.39, 0.29) is 0 Å². The van der Waals surface area contributed by atoms with Gasteiger partial charge in [-0.25, -0.2) is 9.97 Å². The average molecular weight is 335 g/mol. The first-order valence-electron chi connectivity index (χ1n) is 5.72. The Morgan fingerprint density at radius 1 is 1.21 bits per heavy atom. The van der Waals surface area contributed by atoms with Gasteiger partial charge in [-0.1, -0.05) is 6.07 Å². The van der Waals surface area contributed by atoms with Crippen molar-refractivity contribution in [3.05, 3.63) is 34.2 Å². The Hall–Kier alpha value is -1.53. The van der Waals surface area contributed by atoms with Crippen molar-refractivity contribution < 1.29 is 0 Å². The summed E-state index contributed by atoms with van der Waals surface area (Å²) >= 11 is 4.91. The lowest BCUT2D eigenvalue weighted by atomic mass is 10.1. The van der Waals surface area contributed by atoms with E-state index in [1.54, 1.807) is 6.20 Å². The highest BCUT2D eigenvalue weighted by molar-refractivity contribution is 9.10. The highest BCUT2D eigenvalue weighted by atomic mass is 79.9. The number of nitrogen functional groups attached to an aromatic ring is 1. The Kier molecular flexibility index (Phi) is 2.99. The maximum absolute atomic E-state index is 6.20. The number of nitrogens with two attached hydrogens (primary N) is 1. The largest absolute Gasteiger partial charge is 0.398 e. The molecule has 1 aromatic carbocycles. The van der Waals surface area contributed by atoms with Crippen LogP contribution < -0.4 is 5.73 Å². The van der Waals surface area contributed by atoms with Gasteiger partial charge in [0.05, 0.1) is 9.17 Å². The van der Waals surface area contributed by atoms with Gasteiger partial charge in [0.1, 0.15) is 17.2 Å². The van der Waals surface area contributed by atoms with Gasteiger partial charge in [-0.3, -0.25) is 0 Å². The van der Waals surface area contributed by atoms with Crippen molar-refractivity contribution in [1.82, 2.24) is 14.3 Å². The molecule has 96 valence electrons. The molecule has 0 saturated heterocycles. The van der Waals surface area contributed by atoms with E-state index >= 15 is 0 Å². The molecule has 0 atom stereocenters. The molecule has 4 nitrogen and oxygen atoms in total. The maximum Gasteiger partial charge on any atom is 0.126 e. The Labute approximate surface area is 123 Å². The van der Waals surface area contributed by atoms with Crippen molar-refractivity contribution in [1.29, 1.82) is 0 Å². The van der Waals surface area contributed by atoms with Crippen LogP contribution in [0.5, 0.6) is 0 Å². The summed E-state index contributed by atoms with van der Waals surface area (Å²) in [5, 5.41) is 0.976. The SMILES string of the molecule is Cc1ncc(Br)c(-c2nsc3ccc(C)c(N)c23)n1. The first kappa shape index (κ1) is 12.5. The summed E-state index contributed by atoms with van der Waals surface area (Å²) in [4.78, 5) is 8.62. The third-order valence-corrected chi connectivity index (χ3v) is 4.38. The fourth-order valence-electron chi connectivity index (χ4n) is 1.95. The van der Waals surface area contributed by atoms with Crippen molar-refractivity contribution >= 4 is 43.2 Å². The molecule has 0 amide bonds. The third-order valence-electron chi connectivity index (χ3n) is 2.99. The van der Waals surface area contributed by atoms with Gasteiger partial charge in [0.25, 0.3) is 0 Å². The molecule has 6 heteroatoms. The Morgan fingerprint density at radius 2 is 2.00 bits per heavy atom. The van der Waals surface area contributed by atoms with Crippen molar-refractivity contribution in [2.75, 3.05) is 5.73 Å². The predicted octanol–water partition coefficient (Wildman–Crippen LogP) is 3.71. The number of hydrogen-bond acceptors (Lipinski definition) is 5. The lowest BCUT2D eigenvalue weighted by Gasteiger charge is -2.05. The van der Waals surface area contributed by atoms with E-state index in [0.717, 1.165) is 37.2 Å². The number of benzene rings is 1. The first-order chi connectivity index (χ1) is 9.08. The second kappa shape index (κ2) is 4.54. The number of hydrogen-bond donors (Lipinski definition) is 1. The number of halogens is 1. The number of fused-ring (bicyclic) bond motifs is 1. The summed E-state index contributed by atoms with van der Waals surface area (Å²) in [6.45, 7) is 3.86. The summed E-state index contributed by atoms with van der Waals surface area (Å²) in [5.41, 5.74) is 9.62. The fourth-order valence-corrected chi connectivity index (χ4v) is 3.12. The minimum Gasteiger partial charge on any atom is -0.398 e. The quantitative estimate of drug-likeness (QED) is 0.689. The number of nitrogens with zero attached hydrogens (tertiary/aromatic N) is 3. The molecular weight excluding hydrogens is 324 g/mol. The van der Waals surface area contributed by atoms with E-state index < -0.39 is 0 Å². The zero-order chi connectivity index (χ0) is 13.6. The van der Waals surface area contributed by atoms with Crippen LogP contribution in [0.1, 0.15) is 11.4 Å². The van der Waals surface area contributed by atoms with Crippen LogP contribution in [0.2, 0.25) is 0 Å². The van der Waals surface area contributed by atoms with Crippen LogP contribution in [-0.2, 0) is 0 Å². The lowest BCUT2D eigenvalue weighted by molar-refractivity contribution is 1.05. The van der Waals surface area contributed by atoms with Crippen LogP contribution >= 0.6 is 27.5 Å². The van der Waals surface area contributed by atoms with E-state index in [1.807, 2.05) is 26.0 Å². The molecule has 0 aliphatic rings. The van der Waals surface area contributed by atoms with Crippen LogP contribution in [0.15, 0.2) is 22.8 Å². The zero-order valence-electron chi connectivity index (χ0n) is 10.4. The first-order valence-corrected chi connectivity index (χ1v) is 7.28. The average Bonchev–Trinajstić information content (AvgIpc) is 2.81. The van der Waals surface area contributed by atoms with E-state index in [1.165, 1.54) is 11.5 Å². The molecule has 3 aromatic rings. The molecule has 0 saturated carbocycles. The van der Waals surface area contributed by atoms with Crippen LogP contribution in [0, 0.1) is 13.8 Å². The summed E-state index contributed by atoms with van der Waals surface area (Å²) in [6, 6.07) is 4.06. The Balaban J connectivity index is 2.37. The van der Waals surface area contributed by atoms with Crippen molar-refractivity contribution in [2.24, 2.45) is 0 Å². The van der Waals surface area contributed by atoms with Gasteiger partial charge in [0.15, 0.2) is 0 Å². The number of anilines is 1. The predicted molar refractivity (Wildman–Crippen MR) is 82.2 cm³/mol. The summed E-state index contributed by atoms with van der Waals surface area (Å²) in [7, 11) is 0. The molecule has 19 heavy (non-hydrogen) atoms. The van der Waals surface area contributed by atoms with Crippen LogP contribution in [-0.4, -0.2) is 14.3 Å². The zero-order valence-corrected chi connectivity index (χ0v) is 12.8. The number of aromatic nitrogens is 3. The summed E-state index contributed by atoms with van der Waals surface area (Å²) < 4.78 is 6.41. The topological polar surface area (TPSA) is 64.7 Å². The van der Waals surface area contributed by atoms with E-state index in [2.05, 4.69) is 30.3 Å². The van der Waals surface area contributed by atoms with Gasteiger partial charge in [0.2, 0.25) is 0 Å². The third kappa shape index (κ3) is 2.01. The second-order valence-corrected chi connectivity index (χ2v) is 5.97. The smallest absolute Gasteiger partial charge is 0.126 e. The number of aryl methyl sites for hydroxylation is 2. The van der Waals surface area contributed by atoms with Crippen LogP contribution in [0.3, 0.4) is 0 Å². The molecule has 0 unspecified atom stereocenters. The van der Waals surface area contributed by atoms with Gasteiger partial charge < -0.3 is 5.73 Å². The van der Waals surface area contributed by atoms with Crippen LogP contribution in [0.4, 0.5) is 5.69 Å². The molecule has 2 heterocycles. The Bertz CT molecular complexity index is 782. The summed E-state index contributed by atoms with van der Waals surface area (Å²) in [6.07, 6.45) is 1.74. The van der Waals surface area contributed by atoms with Gasteiger partial charge in [-0.2, -0.15) is 4.37 Å². The van der Waals surface area contributed by atoms with Gasteiger partial charge in [-0.05, 0) is 52.9 Å². The molecule has 3 rings (SSSR count). The van der Waals surface area contributed by atoms with Crippen molar-refractivity contribution in [2.45, 2.75) is 13.8 Å². The van der Waals surface area contributed by atoms with E-state index in [4.69, 9.17) is 5.73 Å². The minimum atomic E-state index is 0.713. The van der Waals surface area contributed by atoms with Gasteiger partial charge in [0, 0.05) is 17.3 Å². The van der Waals surface area contributed by atoms with Gasteiger partial charge >= 0.3 is 0 Å². The normalized spacial score (nSPS) is 11.1. The monoisotopic (exact) mass is 334 g/mol. The van der Waals surface area contributed by atoms with Crippen molar-refractivity contribution in [3.63, 3.8) is 0 Å². The standard InChI is InChI=1S/C13H11BrN4S/c1-6-3-4-9-10(11(6)15)13(18-19-9)12-8(14)5-16-7(2)17-12/h3-5H,15H2,1-2H3. The maximum atomic E-state index is 6.20. The highest BCUT2D eigenvalue weighted by Crippen LogP contribution is 2.37. The fraction of sp³-hybridized carbons (Fsp3) is 0.154. The molecule has 0 aliphatic carbocycles. The molecule has 0 aliphatic heterocycles. The molecular formula is C13H11BrN4S.